The Balaban J connectivity index is 0.00000400. The molecule has 0 amide bonds. The largest absolute Gasteiger partial charge is 0.491 e. The second-order valence-electron chi connectivity index (χ2n) is 5.48. The van der Waals surface area contributed by atoms with Crippen molar-refractivity contribution >= 4 is 35.6 Å². The molecule has 0 saturated heterocycles. The maximum atomic E-state index is 5.84. The van der Waals surface area contributed by atoms with Gasteiger partial charge >= 0.3 is 0 Å². The highest BCUT2D eigenvalue weighted by molar-refractivity contribution is 14.0. The molecule has 0 fully saturated rings. The second kappa shape index (κ2) is 9.09. The van der Waals surface area contributed by atoms with Gasteiger partial charge in [-0.1, -0.05) is 0 Å². The first-order chi connectivity index (χ1) is 9.32. The Hall–Kier alpha value is -1.02. The fraction of sp³-hybridized carbons (Fsp3) is 0.533. The van der Waals surface area contributed by atoms with Gasteiger partial charge in [0.15, 0.2) is 5.96 Å². The average molecular weight is 407 g/mol. The minimum absolute atomic E-state index is 0. The minimum Gasteiger partial charge on any atom is -0.491 e. The van der Waals surface area contributed by atoms with Gasteiger partial charge in [0.25, 0.3) is 0 Å². The number of halogens is 1. The third-order valence-corrected chi connectivity index (χ3v) is 2.68. The van der Waals surface area contributed by atoms with E-state index in [4.69, 9.17) is 15.2 Å². The summed E-state index contributed by atoms with van der Waals surface area (Å²) in [5.41, 5.74) is 6.39. The van der Waals surface area contributed by atoms with Crippen LogP contribution in [0, 0.1) is 0 Å². The fourth-order valence-corrected chi connectivity index (χ4v) is 1.42. The number of rotatable bonds is 6. The van der Waals surface area contributed by atoms with E-state index in [1.165, 1.54) is 0 Å². The number of benzene rings is 1. The van der Waals surface area contributed by atoms with Gasteiger partial charge in [0.1, 0.15) is 5.75 Å². The van der Waals surface area contributed by atoms with E-state index in [0.717, 1.165) is 11.4 Å². The van der Waals surface area contributed by atoms with Crippen LogP contribution in [0.25, 0.3) is 0 Å². The van der Waals surface area contributed by atoms with Crippen molar-refractivity contribution < 1.29 is 9.47 Å². The fourth-order valence-electron chi connectivity index (χ4n) is 1.42. The van der Waals surface area contributed by atoms with Crippen molar-refractivity contribution in [1.82, 2.24) is 0 Å². The quantitative estimate of drug-likeness (QED) is 0.432. The SMILES string of the molecule is COC(C)(C)CN=C(N)Nc1ccc(OC(C)C)cc1.I. The number of hydrogen-bond acceptors (Lipinski definition) is 3. The Kier molecular flexibility index (Phi) is 8.65. The summed E-state index contributed by atoms with van der Waals surface area (Å²) >= 11 is 0. The van der Waals surface area contributed by atoms with Crippen LogP contribution in [0.3, 0.4) is 0 Å². The Labute approximate surface area is 144 Å². The summed E-state index contributed by atoms with van der Waals surface area (Å²) < 4.78 is 10.9. The van der Waals surface area contributed by atoms with E-state index >= 15 is 0 Å². The van der Waals surface area contributed by atoms with Crippen molar-refractivity contribution in [2.75, 3.05) is 19.0 Å². The lowest BCUT2D eigenvalue weighted by molar-refractivity contribution is 0.0312. The molecule has 0 aliphatic heterocycles. The van der Waals surface area contributed by atoms with Crippen molar-refractivity contribution in [2.45, 2.75) is 39.4 Å². The number of aliphatic imine (C=N–C) groups is 1. The molecule has 0 heterocycles. The van der Waals surface area contributed by atoms with Gasteiger partial charge in [0, 0.05) is 12.8 Å². The van der Waals surface area contributed by atoms with E-state index in [1.54, 1.807) is 7.11 Å². The van der Waals surface area contributed by atoms with Gasteiger partial charge in [-0.3, -0.25) is 4.99 Å². The van der Waals surface area contributed by atoms with Crippen LogP contribution in [0.5, 0.6) is 5.75 Å². The highest BCUT2D eigenvalue weighted by Crippen LogP contribution is 2.16. The average Bonchev–Trinajstić information content (AvgIpc) is 2.38. The standard InChI is InChI=1S/C15H25N3O2.HI/c1-11(2)20-13-8-6-12(7-9-13)18-14(16)17-10-15(3,4)19-5;/h6-9,11H,10H2,1-5H3,(H3,16,17,18);1H. The molecule has 0 aromatic heterocycles. The van der Waals surface area contributed by atoms with Gasteiger partial charge in [-0.05, 0) is 52.0 Å². The number of nitrogens with two attached hydrogens (primary N) is 1. The summed E-state index contributed by atoms with van der Waals surface area (Å²) in [6.45, 7) is 8.41. The maximum Gasteiger partial charge on any atom is 0.193 e. The Bertz CT molecular complexity index is 445. The topological polar surface area (TPSA) is 68.9 Å². The number of nitrogens with zero attached hydrogens (tertiary/aromatic N) is 1. The molecule has 0 aliphatic rings. The van der Waals surface area contributed by atoms with Gasteiger partial charge in [-0.15, -0.1) is 24.0 Å². The first-order valence-corrected chi connectivity index (χ1v) is 6.71. The van der Waals surface area contributed by atoms with Crippen LogP contribution in [0.1, 0.15) is 27.7 Å². The molecule has 5 nitrogen and oxygen atoms in total. The zero-order chi connectivity index (χ0) is 15.2. The van der Waals surface area contributed by atoms with E-state index in [1.807, 2.05) is 52.0 Å². The van der Waals surface area contributed by atoms with Crippen LogP contribution in [0.15, 0.2) is 29.3 Å². The molecule has 21 heavy (non-hydrogen) atoms. The highest BCUT2D eigenvalue weighted by atomic mass is 127. The van der Waals surface area contributed by atoms with E-state index in [0.29, 0.717) is 12.5 Å². The number of nitrogens with one attached hydrogen (secondary N) is 1. The molecule has 1 aromatic rings. The van der Waals surface area contributed by atoms with Crippen molar-refractivity contribution in [2.24, 2.45) is 10.7 Å². The predicted molar refractivity (Wildman–Crippen MR) is 98.8 cm³/mol. The second-order valence-corrected chi connectivity index (χ2v) is 5.48. The van der Waals surface area contributed by atoms with Crippen molar-refractivity contribution in [3.8, 4) is 5.75 Å². The van der Waals surface area contributed by atoms with Gasteiger partial charge in [-0.2, -0.15) is 0 Å². The van der Waals surface area contributed by atoms with Crippen molar-refractivity contribution in [1.29, 1.82) is 0 Å². The van der Waals surface area contributed by atoms with Crippen LogP contribution < -0.4 is 15.8 Å². The molecule has 3 N–H and O–H groups in total. The molecule has 1 aromatic carbocycles. The van der Waals surface area contributed by atoms with Gasteiger partial charge < -0.3 is 20.5 Å². The Morgan fingerprint density at radius 2 is 1.86 bits per heavy atom. The summed E-state index contributed by atoms with van der Waals surface area (Å²) in [6, 6.07) is 7.60. The zero-order valence-corrected chi connectivity index (χ0v) is 15.7. The predicted octanol–water partition coefficient (Wildman–Crippen LogP) is 3.24. The molecule has 0 atom stereocenters. The molecule has 0 bridgehead atoms. The zero-order valence-electron chi connectivity index (χ0n) is 13.3. The van der Waals surface area contributed by atoms with Crippen molar-refractivity contribution in [3.05, 3.63) is 24.3 Å². The van der Waals surface area contributed by atoms with Crippen LogP contribution >= 0.6 is 24.0 Å². The van der Waals surface area contributed by atoms with Gasteiger partial charge in [-0.25, -0.2) is 0 Å². The lowest BCUT2D eigenvalue weighted by atomic mass is 10.1. The minimum atomic E-state index is -0.318. The summed E-state index contributed by atoms with van der Waals surface area (Å²) in [6.07, 6.45) is 0.164. The molecule has 1 rings (SSSR count). The van der Waals surface area contributed by atoms with Crippen LogP contribution in [0.4, 0.5) is 5.69 Å². The van der Waals surface area contributed by atoms with E-state index in [9.17, 15) is 0 Å². The third kappa shape index (κ3) is 8.11. The number of hydrogen-bond donors (Lipinski definition) is 2. The van der Waals surface area contributed by atoms with Crippen LogP contribution in [0.2, 0.25) is 0 Å². The molecule has 0 saturated carbocycles. The van der Waals surface area contributed by atoms with E-state index < -0.39 is 0 Å². The molecule has 0 spiro atoms. The lowest BCUT2D eigenvalue weighted by Gasteiger charge is -2.20. The first kappa shape index (κ1) is 20.0. The molecule has 0 unspecified atom stereocenters. The number of ether oxygens (including phenoxy) is 2. The van der Waals surface area contributed by atoms with E-state index in [2.05, 4.69) is 10.3 Å². The van der Waals surface area contributed by atoms with Crippen LogP contribution in [-0.4, -0.2) is 31.3 Å². The van der Waals surface area contributed by atoms with Gasteiger partial charge in [0.05, 0.1) is 18.2 Å². The molecule has 120 valence electrons. The first-order valence-electron chi connectivity index (χ1n) is 6.71. The summed E-state index contributed by atoms with van der Waals surface area (Å²) in [5.74, 6) is 1.20. The molecular formula is C15H26IN3O2. The summed E-state index contributed by atoms with van der Waals surface area (Å²) in [5, 5.41) is 3.04. The molecule has 6 heteroatoms. The Morgan fingerprint density at radius 1 is 1.29 bits per heavy atom. The molecule has 0 radical (unpaired) electrons. The number of methoxy groups -OCH3 is 1. The number of anilines is 1. The monoisotopic (exact) mass is 407 g/mol. The van der Waals surface area contributed by atoms with E-state index in [-0.39, 0.29) is 35.7 Å². The van der Waals surface area contributed by atoms with Gasteiger partial charge in [0.2, 0.25) is 0 Å². The maximum absolute atomic E-state index is 5.84. The summed E-state index contributed by atoms with van der Waals surface area (Å²) in [7, 11) is 1.66. The smallest absolute Gasteiger partial charge is 0.193 e. The van der Waals surface area contributed by atoms with Crippen LogP contribution in [-0.2, 0) is 4.74 Å². The molecule has 0 aliphatic carbocycles. The van der Waals surface area contributed by atoms with Crippen molar-refractivity contribution in [3.63, 3.8) is 0 Å². The summed E-state index contributed by atoms with van der Waals surface area (Å²) in [4.78, 5) is 4.26. The lowest BCUT2D eigenvalue weighted by Crippen LogP contribution is -2.30. The number of guanidine groups is 1. The highest BCUT2D eigenvalue weighted by Gasteiger charge is 2.15. The molecular weight excluding hydrogens is 381 g/mol. The normalized spacial score (nSPS) is 12.0. The third-order valence-electron chi connectivity index (χ3n) is 2.68. The Morgan fingerprint density at radius 3 is 2.33 bits per heavy atom.